The largest absolute Gasteiger partial charge is 0.466 e. The van der Waals surface area contributed by atoms with E-state index in [4.69, 9.17) is 4.74 Å². The van der Waals surface area contributed by atoms with E-state index in [1.165, 1.54) is 4.88 Å². The van der Waals surface area contributed by atoms with Gasteiger partial charge in [0.1, 0.15) is 0 Å². The molecule has 0 atom stereocenters. The topological polar surface area (TPSA) is 46.6 Å². The summed E-state index contributed by atoms with van der Waals surface area (Å²) in [6, 6.07) is 12.0. The van der Waals surface area contributed by atoms with Crippen LogP contribution in [0.2, 0.25) is 0 Å². The number of piperidine rings is 1. The molecule has 1 aliphatic rings. The van der Waals surface area contributed by atoms with Crippen molar-refractivity contribution in [3.8, 4) is 0 Å². The molecule has 0 radical (unpaired) electrons. The number of ether oxygens (including phenoxy) is 1. The normalized spacial score (nSPS) is 15.2. The van der Waals surface area contributed by atoms with Gasteiger partial charge in [0.05, 0.1) is 12.5 Å². The molecule has 2 aromatic rings. The van der Waals surface area contributed by atoms with E-state index in [0.717, 1.165) is 17.5 Å². The molecule has 0 saturated carbocycles. The van der Waals surface area contributed by atoms with Crippen LogP contribution in [-0.4, -0.2) is 36.5 Å². The van der Waals surface area contributed by atoms with Crippen molar-refractivity contribution in [2.45, 2.75) is 26.2 Å². The van der Waals surface area contributed by atoms with Crippen LogP contribution in [0.4, 0.5) is 0 Å². The third-order valence-electron chi connectivity index (χ3n) is 4.59. The lowest BCUT2D eigenvalue weighted by atomic mass is 9.95. The number of rotatable bonds is 5. The summed E-state index contributed by atoms with van der Waals surface area (Å²) in [6.45, 7) is 3.44. The molecule has 1 aromatic heterocycles. The highest BCUT2D eigenvalue weighted by molar-refractivity contribution is 7.09. The number of benzene rings is 1. The predicted octanol–water partition coefficient (Wildman–Crippen LogP) is 3.75. The van der Waals surface area contributed by atoms with Crippen molar-refractivity contribution in [3.63, 3.8) is 0 Å². The molecule has 0 bridgehead atoms. The lowest BCUT2D eigenvalue weighted by Crippen LogP contribution is -2.41. The van der Waals surface area contributed by atoms with Crippen molar-refractivity contribution in [2.24, 2.45) is 5.92 Å². The highest BCUT2D eigenvalue weighted by Crippen LogP contribution is 2.23. The molecule has 132 valence electrons. The molecular formula is C20H23NO3S. The van der Waals surface area contributed by atoms with Gasteiger partial charge in [-0.15, -0.1) is 11.3 Å². The van der Waals surface area contributed by atoms with Crippen molar-refractivity contribution in [2.75, 3.05) is 19.7 Å². The van der Waals surface area contributed by atoms with E-state index in [-0.39, 0.29) is 17.8 Å². The van der Waals surface area contributed by atoms with Crippen molar-refractivity contribution >= 4 is 23.2 Å². The third-order valence-corrected chi connectivity index (χ3v) is 5.47. The van der Waals surface area contributed by atoms with Crippen LogP contribution >= 0.6 is 11.3 Å². The predicted molar refractivity (Wildman–Crippen MR) is 98.8 cm³/mol. The second-order valence-electron chi connectivity index (χ2n) is 6.23. The Bertz CT molecular complexity index is 718. The van der Waals surface area contributed by atoms with Gasteiger partial charge < -0.3 is 9.64 Å². The van der Waals surface area contributed by atoms with Crippen LogP contribution in [0, 0.1) is 5.92 Å². The van der Waals surface area contributed by atoms with Crippen LogP contribution in [0.25, 0.3) is 0 Å². The fraction of sp³-hybridized carbons (Fsp3) is 0.400. The average molecular weight is 357 g/mol. The van der Waals surface area contributed by atoms with Crippen molar-refractivity contribution in [1.82, 2.24) is 4.90 Å². The summed E-state index contributed by atoms with van der Waals surface area (Å²) >= 11 is 1.71. The van der Waals surface area contributed by atoms with Gasteiger partial charge in [0.15, 0.2) is 0 Å². The zero-order chi connectivity index (χ0) is 17.6. The molecule has 1 aromatic carbocycles. The van der Waals surface area contributed by atoms with Gasteiger partial charge >= 0.3 is 5.97 Å². The van der Waals surface area contributed by atoms with E-state index in [1.807, 2.05) is 42.2 Å². The minimum absolute atomic E-state index is 0.0643. The Labute approximate surface area is 152 Å². The molecule has 5 heteroatoms. The minimum Gasteiger partial charge on any atom is -0.466 e. The Morgan fingerprint density at radius 3 is 2.60 bits per heavy atom. The zero-order valence-electron chi connectivity index (χ0n) is 14.4. The van der Waals surface area contributed by atoms with Gasteiger partial charge in [-0.25, -0.2) is 0 Å². The number of esters is 1. The standard InChI is InChI=1S/C20H23NO3S/c1-2-24-20(23)15-9-11-21(12-10-15)19(22)18-8-4-3-6-16(18)14-17-7-5-13-25-17/h3-8,13,15H,2,9-12,14H2,1H3. The Kier molecular flexibility index (Phi) is 5.87. The van der Waals surface area contributed by atoms with Gasteiger partial charge in [0.25, 0.3) is 5.91 Å². The number of amides is 1. The molecule has 25 heavy (non-hydrogen) atoms. The Morgan fingerprint density at radius 1 is 1.16 bits per heavy atom. The maximum absolute atomic E-state index is 13.0. The van der Waals surface area contributed by atoms with E-state index >= 15 is 0 Å². The number of thiophene rings is 1. The third kappa shape index (κ3) is 4.28. The van der Waals surface area contributed by atoms with Crippen LogP contribution < -0.4 is 0 Å². The molecule has 3 rings (SSSR count). The molecule has 0 aliphatic carbocycles. The van der Waals surface area contributed by atoms with Crippen LogP contribution in [0.15, 0.2) is 41.8 Å². The molecule has 2 heterocycles. The molecular weight excluding hydrogens is 334 g/mol. The molecule has 0 spiro atoms. The smallest absolute Gasteiger partial charge is 0.309 e. The average Bonchev–Trinajstić information content (AvgIpc) is 3.15. The van der Waals surface area contributed by atoms with Gasteiger partial charge in [-0.3, -0.25) is 9.59 Å². The minimum atomic E-state index is -0.132. The summed E-state index contributed by atoms with van der Waals surface area (Å²) in [5.74, 6) is -0.146. The first-order chi connectivity index (χ1) is 12.2. The van der Waals surface area contributed by atoms with Gasteiger partial charge in [-0.2, -0.15) is 0 Å². The number of hydrogen-bond acceptors (Lipinski definition) is 4. The fourth-order valence-electron chi connectivity index (χ4n) is 3.23. The van der Waals surface area contributed by atoms with Gasteiger partial charge in [0.2, 0.25) is 0 Å². The van der Waals surface area contributed by atoms with Crippen LogP contribution in [0.5, 0.6) is 0 Å². The number of hydrogen-bond donors (Lipinski definition) is 0. The molecule has 0 unspecified atom stereocenters. The van der Waals surface area contributed by atoms with Crippen LogP contribution in [0.3, 0.4) is 0 Å². The first kappa shape index (κ1) is 17.7. The highest BCUT2D eigenvalue weighted by atomic mass is 32.1. The van der Waals surface area contributed by atoms with E-state index in [0.29, 0.717) is 32.5 Å². The maximum atomic E-state index is 13.0. The van der Waals surface area contributed by atoms with Crippen molar-refractivity contribution in [1.29, 1.82) is 0 Å². The summed E-state index contributed by atoms with van der Waals surface area (Å²) in [5.41, 5.74) is 1.83. The summed E-state index contributed by atoms with van der Waals surface area (Å²) in [7, 11) is 0. The van der Waals surface area contributed by atoms with Crippen LogP contribution in [-0.2, 0) is 16.0 Å². The highest BCUT2D eigenvalue weighted by Gasteiger charge is 2.29. The fourth-order valence-corrected chi connectivity index (χ4v) is 3.96. The van der Waals surface area contributed by atoms with Gasteiger partial charge in [-0.05, 0) is 42.8 Å². The molecule has 4 nitrogen and oxygen atoms in total. The second kappa shape index (κ2) is 8.30. The zero-order valence-corrected chi connectivity index (χ0v) is 15.3. The number of nitrogens with zero attached hydrogens (tertiary/aromatic N) is 1. The van der Waals surface area contributed by atoms with Crippen molar-refractivity contribution in [3.05, 3.63) is 57.8 Å². The summed E-state index contributed by atoms with van der Waals surface area (Å²) in [6.07, 6.45) is 2.13. The summed E-state index contributed by atoms with van der Waals surface area (Å²) in [5, 5.41) is 2.06. The van der Waals surface area contributed by atoms with E-state index in [1.54, 1.807) is 11.3 Å². The molecule has 1 fully saturated rings. The lowest BCUT2D eigenvalue weighted by molar-refractivity contribution is -0.149. The van der Waals surface area contributed by atoms with E-state index < -0.39 is 0 Å². The quantitative estimate of drug-likeness (QED) is 0.766. The maximum Gasteiger partial charge on any atom is 0.309 e. The van der Waals surface area contributed by atoms with E-state index in [9.17, 15) is 9.59 Å². The Balaban J connectivity index is 1.67. The number of carbonyl (C=O) groups is 2. The van der Waals surface area contributed by atoms with E-state index in [2.05, 4.69) is 11.4 Å². The monoisotopic (exact) mass is 357 g/mol. The molecule has 1 aliphatic heterocycles. The SMILES string of the molecule is CCOC(=O)C1CCN(C(=O)c2ccccc2Cc2cccs2)CC1. The molecule has 1 saturated heterocycles. The van der Waals surface area contributed by atoms with Crippen LogP contribution in [0.1, 0.15) is 40.6 Å². The molecule has 1 amide bonds. The number of likely N-dealkylation sites (tertiary alicyclic amines) is 1. The van der Waals surface area contributed by atoms with Gasteiger partial charge in [0, 0.05) is 30.0 Å². The Morgan fingerprint density at radius 2 is 1.92 bits per heavy atom. The van der Waals surface area contributed by atoms with Crippen molar-refractivity contribution < 1.29 is 14.3 Å². The Hall–Kier alpha value is -2.14. The summed E-state index contributed by atoms with van der Waals surface area (Å²) < 4.78 is 5.10. The second-order valence-corrected chi connectivity index (χ2v) is 7.26. The lowest BCUT2D eigenvalue weighted by Gasteiger charge is -2.31. The number of carbonyl (C=O) groups excluding carboxylic acids is 2. The van der Waals surface area contributed by atoms with Gasteiger partial charge in [-0.1, -0.05) is 24.3 Å². The summed E-state index contributed by atoms with van der Waals surface area (Å²) in [4.78, 5) is 27.9. The first-order valence-corrected chi connectivity index (χ1v) is 9.63. The first-order valence-electron chi connectivity index (χ1n) is 8.75. The molecule has 0 N–H and O–H groups in total.